The van der Waals surface area contributed by atoms with Gasteiger partial charge in [0.25, 0.3) is 0 Å². The summed E-state index contributed by atoms with van der Waals surface area (Å²) in [7, 11) is 0. The molecule has 0 aromatic heterocycles. The second-order valence-electron chi connectivity index (χ2n) is 7.83. The van der Waals surface area contributed by atoms with E-state index in [2.05, 4.69) is 19.1 Å². The molecule has 0 spiro atoms. The SMILES string of the molecule is CCCCCCCC/C=C\CCCCCCCC(=O)OC(CCC)CC(=O)O. The number of carboxylic acid groups (broad SMARTS) is 1. The first-order valence-electron chi connectivity index (χ1n) is 11.7. The highest BCUT2D eigenvalue weighted by Gasteiger charge is 2.16. The molecule has 0 bridgehead atoms. The summed E-state index contributed by atoms with van der Waals surface area (Å²) in [5, 5.41) is 8.84. The third kappa shape index (κ3) is 19.4. The smallest absolute Gasteiger partial charge is 0.307 e. The van der Waals surface area contributed by atoms with Crippen molar-refractivity contribution in [1.29, 1.82) is 0 Å². The molecule has 0 aromatic carbocycles. The van der Waals surface area contributed by atoms with Crippen molar-refractivity contribution in [3.8, 4) is 0 Å². The second kappa shape index (κ2) is 20.4. The van der Waals surface area contributed by atoms with Crippen molar-refractivity contribution >= 4 is 11.9 Å². The van der Waals surface area contributed by atoms with Gasteiger partial charge in [0.05, 0.1) is 6.42 Å². The van der Waals surface area contributed by atoms with Crippen LogP contribution in [0.2, 0.25) is 0 Å². The highest BCUT2D eigenvalue weighted by Crippen LogP contribution is 2.12. The summed E-state index contributed by atoms with van der Waals surface area (Å²) in [5.41, 5.74) is 0. The lowest BCUT2D eigenvalue weighted by Gasteiger charge is -2.15. The Morgan fingerprint density at radius 3 is 1.86 bits per heavy atom. The Hall–Kier alpha value is -1.32. The van der Waals surface area contributed by atoms with Crippen LogP contribution < -0.4 is 0 Å². The van der Waals surface area contributed by atoms with Gasteiger partial charge in [0, 0.05) is 6.42 Å². The van der Waals surface area contributed by atoms with Gasteiger partial charge in [0.2, 0.25) is 0 Å². The van der Waals surface area contributed by atoms with Crippen molar-refractivity contribution in [2.24, 2.45) is 0 Å². The van der Waals surface area contributed by atoms with Gasteiger partial charge in [0.1, 0.15) is 6.10 Å². The van der Waals surface area contributed by atoms with Gasteiger partial charge in [-0.25, -0.2) is 0 Å². The zero-order valence-electron chi connectivity index (χ0n) is 18.4. The molecule has 0 amide bonds. The van der Waals surface area contributed by atoms with Crippen molar-refractivity contribution in [1.82, 2.24) is 0 Å². The zero-order valence-corrected chi connectivity index (χ0v) is 18.4. The summed E-state index contributed by atoms with van der Waals surface area (Å²) in [6, 6.07) is 0. The van der Waals surface area contributed by atoms with Crippen LogP contribution in [0.5, 0.6) is 0 Å². The Morgan fingerprint density at radius 1 is 0.786 bits per heavy atom. The van der Waals surface area contributed by atoms with Gasteiger partial charge in [-0.1, -0.05) is 83.8 Å². The average molecular weight is 397 g/mol. The van der Waals surface area contributed by atoms with Crippen molar-refractivity contribution in [3.63, 3.8) is 0 Å². The summed E-state index contributed by atoms with van der Waals surface area (Å²) >= 11 is 0. The molecule has 0 heterocycles. The van der Waals surface area contributed by atoms with Crippen molar-refractivity contribution in [3.05, 3.63) is 12.2 Å². The van der Waals surface area contributed by atoms with E-state index < -0.39 is 12.1 Å². The molecule has 0 aliphatic heterocycles. The van der Waals surface area contributed by atoms with Crippen LogP contribution >= 0.6 is 0 Å². The van der Waals surface area contributed by atoms with E-state index >= 15 is 0 Å². The highest BCUT2D eigenvalue weighted by atomic mass is 16.5. The molecule has 28 heavy (non-hydrogen) atoms. The molecule has 164 valence electrons. The lowest BCUT2D eigenvalue weighted by Crippen LogP contribution is -2.21. The first kappa shape index (κ1) is 26.7. The van der Waals surface area contributed by atoms with E-state index in [1.165, 1.54) is 57.8 Å². The number of allylic oxidation sites excluding steroid dienone is 2. The standard InChI is InChI=1S/C24H44O4/c1-3-5-6-7-8-9-10-11-12-13-14-15-16-17-18-20-24(27)28-22(19-4-2)21-23(25)26/h11-12,22H,3-10,13-21H2,1-2H3,(H,25,26)/b12-11-. The molecular formula is C24H44O4. The summed E-state index contributed by atoms with van der Waals surface area (Å²) in [6.07, 6.45) is 21.9. The predicted octanol–water partition coefficient (Wildman–Crippen LogP) is 7.21. The fraction of sp³-hybridized carbons (Fsp3) is 0.833. The Bertz CT molecular complexity index is 403. The van der Waals surface area contributed by atoms with Crippen LogP contribution in [0.15, 0.2) is 12.2 Å². The summed E-state index contributed by atoms with van der Waals surface area (Å²) < 4.78 is 5.29. The topological polar surface area (TPSA) is 63.6 Å². The average Bonchev–Trinajstić information content (AvgIpc) is 2.64. The molecule has 0 saturated carbocycles. The Balaban J connectivity index is 3.47. The third-order valence-corrected chi connectivity index (χ3v) is 4.95. The molecule has 0 aromatic rings. The fourth-order valence-corrected chi connectivity index (χ4v) is 3.30. The third-order valence-electron chi connectivity index (χ3n) is 4.95. The molecule has 0 radical (unpaired) electrons. The molecule has 0 aliphatic rings. The molecule has 0 aliphatic carbocycles. The lowest BCUT2D eigenvalue weighted by molar-refractivity contribution is -0.153. The number of carbonyl (C=O) groups is 2. The summed E-state index contributed by atoms with van der Waals surface area (Å²) in [6.45, 7) is 4.22. The highest BCUT2D eigenvalue weighted by molar-refractivity contribution is 5.71. The molecule has 0 rings (SSSR count). The van der Waals surface area contributed by atoms with Gasteiger partial charge < -0.3 is 9.84 Å². The van der Waals surface area contributed by atoms with E-state index in [4.69, 9.17) is 9.84 Å². The van der Waals surface area contributed by atoms with Gasteiger partial charge in [-0.15, -0.1) is 0 Å². The van der Waals surface area contributed by atoms with Crippen LogP contribution in [0.4, 0.5) is 0 Å². The minimum atomic E-state index is -0.910. The van der Waals surface area contributed by atoms with Gasteiger partial charge in [-0.3, -0.25) is 9.59 Å². The number of hydrogen-bond donors (Lipinski definition) is 1. The number of unbranched alkanes of at least 4 members (excludes halogenated alkanes) is 11. The molecule has 0 saturated heterocycles. The van der Waals surface area contributed by atoms with Crippen molar-refractivity contribution in [2.45, 2.75) is 129 Å². The van der Waals surface area contributed by atoms with Crippen LogP contribution in [-0.4, -0.2) is 23.1 Å². The van der Waals surface area contributed by atoms with E-state index in [9.17, 15) is 9.59 Å². The Morgan fingerprint density at radius 2 is 1.32 bits per heavy atom. The molecule has 1 N–H and O–H groups in total. The zero-order chi connectivity index (χ0) is 20.9. The van der Waals surface area contributed by atoms with E-state index in [0.29, 0.717) is 12.8 Å². The maximum atomic E-state index is 11.8. The first-order chi connectivity index (χ1) is 13.6. The minimum Gasteiger partial charge on any atom is -0.481 e. The molecule has 1 atom stereocenters. The van der Waals surface area contributed by atoms with Crippen molar-refractivity contribution < 1.29 is 19.4 Å². The van der Waals surface area contributed by atoms with E-state index in [0.717, 1.165) is 32.1 Å². The van der Waals surface area contributed by atoms with E-state index in [1.54, 1.807) is 0 Å². The maximum Gasteiger partial charge on any atom is 0.307 e. The number of carboxylic acids is 1. The number of hydrogen-bond acceptors (Lipinski definition) is 3. The predicted molar refractivity (Wildman–Crippen MR) is 116 cm³/mol. The molecular weight excluding hydrogens is 352 g/mol. The largest absolute Gasteiger partial charge is 0.481 e. The van der Waals surface area contributed by atoms with E-state index in [-0.39, 0.29) is 12.4 Å². The second-order valence-corrected chi connectivity index (χ2v) is 7.83. The number of carbonyl (C=O) groups excluding carboxylic acids is 1. The maximum absolute atomic E-state index is 11.8. The van der Waals surface area contributed by atoms with E-state index in [1.807, 2.05) is 6.92 Å². The molecule has 1 unspecified atom stereocenters. The van der Waals surface area contributed by atoms with Crippen LogP contribution in [0.25, 0.3) is 0 Å². The van der Waals surface area contributed by atoms with Crippen LogP contribution in [-0.2, 0) is 14.3 Å². The normalized spacial score (nSPS) is 12.4. The first-order valence-corrected chi connectivity index (χ1v) is 11.7. The Labute approximate surface area is 173 Å². The molecule has 4 heteroatoms. The van der Waals surface area contributed by atoms with Gasteiger partial charge in [-0.2, -0.15) is 0 Å². The molecule has 0 fully saturated rings. The van der Waals surface area contributed by atoms with Gasteiger partial charge in [-0.05, 0) is 38.5 Å². The lowest BCUT2D eigenvalue weighted by atomic mass is 10.1. The van der Waals surface area contributed by atoms with Gasteiger partial charge in [0.15, 0.2) is 0 Å². The molecule has 4 nitrogen and oxygen atoms in total. The van der Waals surface area contributed by atoms with Crippen LogP contribution in [0, 0.1) is 0 Å². The van der Waals surface area contributed by atoms with Crippen molar-refractivity contribution in [2.75, 3.05) is 0 Å². The Kier molecular flexibility index (Phi) is 19.5. The number of esters is 1. The number of ether oxygens (including phenoxy) is 1. The summed E-state index contributed by atoms with van der Waals surface area (Å²) in [4.78, 5) is 22.6. The van der Waals surface area contributed by atoms with Crippen LogP contribution in [0.3, 0.4) is 0 Å². The summed E-state index contributed by atoms with van der Waals surface area (Å²) in [5.74, 6) is -1.16. The monoisotopic (exact) mass is 396 g/mol. The number of rotatable bonds is 20. The number of aliphatic carboxylic acids is 1. The van der Waals surface area contributed by atoms with Crippen LogP contribution in [0.1, 0.15) is 123 Å². The minimum absolute atomic E-state index is 0.0913. The quantitative estimate of drug-likeness (QED) is 0.134. The van der Waals surface area contributed by atoms with Gasteiger partial charge >= 0.3 is 11.9 Å². The fourth-order valence-electron chi connectivity index (χ4n) is 3.30.